The summed E-state index contributed by atoms with van der Waals surface area (Å²) in [6, 6.07) is 0. The third-order valence-electron chi connectivity index (χ3n) is 8.91. The average Bonchev–Trinajstić information content (AvgIpc) is 2.95. The lowest BCUT2D eigenvalue weighted by Crippen LogP contribution is -2.22. The first-order valence-corrected chi connectivity index (χ1v) is 20.4. The molecule has 0 saturated carbocycles. The summed E-state index contributed by atoms with van der Waals surface area (Å²) < 4.78 is 13.4. The van der Waals surface area contributed by atoms with E-state index in [1.807, 2.05) is 0 Å². The Balaban J connectivity index is 3.49. The summed E-state index contributed by atoms with van der Waals surface area (Å²) in [5.74, 6) is 0. The predicted molar refractivity (Wildman–Crippen MR) is 183 cm³/mol. The summed E-state index contributed by atoms with van der Waals surface area (Å²) in [6.07, 6.45) is 42.4. The Morgan fingerprint density at radius 2 is 0.512 bits per heavy atom. The molecule has 0 spiro atoms. The standard InChI is InChI=1S/C36H76NO3P/c1-3-5-7-9-11-13-15-17-19-21-23-25-27-29-31-33-35-37(41(38,39)40)36-34-32-30-28-26-24-22-20-18-16-14-12-10-8-6-4-2/h3-36H2,1-2H3,(H2,38,39,40). The van der Waals surface area contributed by atoms with Crippen molar-refractivity contribution in [2.24, 2.45) is 0 Å². The lowest BCUT2D eigenvalue weighted by molar-refractivity contribution is 0.262. The van der Waals surface area contributed by atoms with Gasteiger partial charge in [-0.15, -0.1) is 0 Å². The maximum absolute atomic E-state index is 11.9. The third-order valence-corrected chi connectivity index (χ3v) is 10.0. The van der Waals surface area contributed by atoms with Gasteiger partial charge in [-0.05, 0) is 12.8 Å². The first-order chi connectivity index (χ1) is 20.0. The Morgan fingerprint density at radius 1 is 0.341 bits per heavy atom. The van der Waals surface area contributed by atoms with Crippen LogP contribution in [0.4, 0.5) is 0 Å². The number of rotatable bonds is 35. The molecule has 0 heterocycles. The van der Waals surface area contributed by atoms with Crippen LogP contribution in [0.1, 0.15) is 219 Å². The van der Waals surface area contributed by atoms with Crippen LogP contribution in [0.2, 0.25) is 0 Å². The van der Waals surface area contributed by atoms with Gasteiger partial charge in [0, 0.05) is 13.1 Å². The number of nitrogens with zero attached hydrogens (tertiary/aromatic N) is 1. The van der Waals surface area contributed by atoms with Crippen LogP contribution in [-0.4, -0.2) is 27.5 Å². The Hall–Kier alpha value is 0.110. The average molecular weight is 602 g/mol. The van der Waals surface area contributed by atoms with Crippen molar-refractivity contribution in [3.8, 4) is 0 Å². The summed E-state index contributed by atoms with van der Waals surface area (Å²) in [4.78, 5) is 19.5. The van der Waals surface area contributed by atoms with E-state index in [1.54, 1.807) is 0 Å². The highest BCUT2D eigenvalue weighted by molar-refractivity contribution is 7.49. The highest BCUT2D eigenvalue weighted by atomic mass is 31.2. The van der Waals surface area contributed by atoms with Gasteiger partial charge in [0.15, 0.2) is 0 Å². The molecular formula is C36H76NO3P. The van der Waals surface area contributed by atoms with Crippen molar-refractivity contribution >= 4 is 7.75 Å². The van der Waals surface area contributed by atoms with E-state index in [-0.39, 0.29) is 0 Å². The van der Waals surface area contributed by atoms with E-state index in [4.69, 9.17) is 0 Å². The third kappa shape index (κ3) is 32.9. The van der Waals surface area contributed by atoms with Gasteiger partial charge in [0.25, 0.3) is 0 Å². The van der Waals surface area contributed by atoms with Crippen molar-refractivity contribution < 1.29 is 14.4 Å². The molecule has 0 unspecified atom stereocenters. The molecule has 2 N–H and O–H groups in total. The minimum absolute atomic E-state index is 0.543. The molecular weight excluding hydrogens is 525 g/mol. The van der Waals surface area contributed by atoms with Gasteiger partial charge in [0.1, 0.15) is 0 Å². The normalized spacial score (nSPS) is 12.1. The van der Waals surface area contributed by atoms with Crippen molar-refractivity contribution in [3.63, 3.8) is 0 Å². The highest BCUT2D eigenvalue weighted by Gasteiger charge is 2.23. The first kappa shape index (κ1) is 41.1. The number of hydrogen-bond acceptors (Lipinski definition) is 1. The number of unbranched alkanes of at least 4 members (excludes halogenated alkanes) is 30. The van der Waals surface area contributed by atoms with E-state index >= 15 is 0 Å². The van der Waals surface area contributed by atoms with Crippen molar-refractivity contribution in [3.05, 3.63) is 0 Å². The molecule has 0 bridgehead atoms. The van der Waals surface area contributed by atoms with Gasteiger partial charge in [-0.2, -0.15) is 0 Å². The molecule has 0 atom stereocenters. The summed E-state index contributed by atoms with van der Waals surface area (Å²) >= 11 is 0. The van der Waals surface area contributed by atoms with Gasteiger partial charge < -0.3 is 9.79 Å². The summed E-state index contributed by atoms with van der Waals surface area (Å²) in [5.41, 5.74) is 0. The summed E-state index contributed by atoms with van der Waals surface area (Å²) in [5, 5.41) is 0. The fraction of sp³-hybridized carbons (Fsp3) is 1.00. The van der Waals surface area contributed by atoms with Crippen molar-refractivity contribution in [1.29, 1.82) is 0 Å². The zero-order valence-corrected chi connectivity index (χ0v) is 29.1. The molecule has 0 aliphatic rings. The molecule has 248 valence electrons. The molecule has 5 heteroatoms. The second-order valence-corrected chi connectivity index (χ2v) is 14.7. The Morgan fingerprint density at radius 3 is 0.683 bits per heavy atom. The maximum atomic E-state index is 11.9. The Labute approximate surface area is 258 Å². The number of hydrogen-bond donors (Lipinski definition) is 2. The van der Waals surface area contributed by atoms with Crippen molar-refractivity contribution in [2.45, 2.75) is 219 Å². The van der Waals surface area contributed by atoms with Gasteiger partial charge in [0.2, 0.25) is 0 Å². The lowest BCUT2D eigenvalue weighted by atomic mass is 10.0. The van der Waals surface area contributed by atoms with Gasteiger partial charge in [-0.1, -0.05) is 206 Å². The van der Waals surface area contributed by atoms with Crippen LogP contribution in [0.25, 0.3) is 0 Å². The zero-order valence-electron chi connectivity index (χ0n) is 28.2. The molecule has 0 rings (SSSR count). The largest absolute Gasteiger partial charge is 0.402 e. The summed E-state index contributed by atoms with van der Waals surface area (Å²) in [7, 11) is -4.12. The van der Waals surface area contributed by atoms with Crippen LogP contribution in [0.3, 0.4) is 0 Å². The van der Waals surface area contributed by atoms with Crippen molar-refractivity contribution in [1.82, 2.24) is 4.67 Å². The highest BCUT2D eigenvalue weighted by Crippen LogP contribution is 2.40. The van der Waals surface area contributed by atoms with E-state index in [9.17, 15) is 14.4 Å². The SMILES string of the molecule is CCCCCCCCCCCCCCCCCCN(CCCCCCCCCCCCCCCCCC)P(=O)(O)O. The van der Waals surface area contributed by atoms with Crippen LogP contribution in [0, 0.1) is 0 Å². The molecule has 0 saturated heterocycles. The Bertz CT molecular complexity index is 503. The molecule has 0 aliphatic carbocycles. The van der Waals surface area contributed by atoms with Crippen LogP contribution in [-0.2, 0) is 4.57 Å². The quantitative estimate of drug-likeness (QED) is 0.0560. The van der Waals surface area contributed by atoms with Gasteiger partial charge in [-0.3, -0.25) is 0 Å². The van der Waals surface area contributed by atoms with E-state index < -0.39 is 7.75 Å². The second kappa shape index (κ2) is 33.0. The molecule has 0 amide bonds. The van der Waals surface area contributed by atoms with Crippen LogP contribution >= 0.6 is 7.75 Å². The maximum Gasteiger partial charge on any atom is 0.402 e. The van der Waals surface area contributed by atoms with Crippen LogP contribution < -0.4 is 0 Å². The van der Waals surface area contributed by atoms with Gasteiger partial charge in [0.05, 0.1) is 0 Å². The minimum atomic E-state index is -4.12. The lowest BCUT2D eigenvalue weighted by Gasteiger charge is -2.22. The van der Waals surface area contributed by atoms with E-state index in [2.05, 4.69) is 13.8 Å². The van der Waals surface area contributed by atoms with E-state index in [1.165, 1.54) is 184 Å². The Kier molecular flexibility index (Phi) is 33.1. The molecule has 0 aromatic carbocycles. The monoisotopic (exact) mass is 602 g/mol. The fourth-order valence-corrected chi connectivity index (χ4v) is 6.86. The molecule has 41 heavy (non-hydrogen) atoms. The molecule has 0 aliphatic heterocycles. The van der Waals surface area contributed by atoms with Crippen LogP contribution in [0.15, 0.2) is 0 Å². The van der Waals surface area contributed by atoms with E-state index in [0.29, 0.717) is 13.1 Å². The zero-order chi connectivity index (χ0) is 30.1. The van der Waals surface area contributed by atoms with Crippen LogP contribution in [0.5, 0.6) is 0 Å². The second-order valence-electron chi connectivity index (χ2n) is 13.1. The first-order valence-electron chi connectivity index (χ1n) is 18.8. The molecule has 0 aromatic rings. The molecule has 0 fully saturated rings. The topological polar surface area (TPSA) is 60.8 Å². The van der Waals surface area contributed by atoms with Gasteiger partial charge >= 0.3 is 7.75 Å². The molecule has 4 nitrogen and oxygen atoms in total. The van der Waals surface area contributed by atoms with Gasteiger partial charge in [-0.25, -0.2) is 9.24 Å². The van der Waals surface area contributed by atoms with Crippen molar-refractivity contribution in [2.75, 3.05) is 13.1 Å². The molecule has 0 radical (unpaired) electrons. The predicted octanol–water partition coefficient (Wildman–Crippen LogP) is 12.9. The fourth-order valence-electron chi connectivity index (χ4n) is 6.06. The summed E-state index contributed by atoms with van der Waals surface area (Å²) in [6.45, 7) is 5.65. The molecule has 0 aromatic heterocycles. The van der Waals surface area contributed by atoms with E-state index in [0.717, 1.165) is 25.7 Å². The smallest absolute Gasteiger partial charge is 0.312 e. The minimum Gasteiger partial charge on any atom is -0.312 e.